The van der Waals surface area contributed by atoms with Crippen LogP contribution < -0.4 is 15.5 Å². The molecular weight excluding hydrogens is 435 g/mol. The van der Waals surface area contributed by atoms with Gasteiger partial charge in [-0.15, -0.1) is 6.42 Å². The van der Waals surface area contributed by atoms with Crippen molar-refractivity contribution in [2.75, 3.05) is 13.2 Å². The van der Waals surface area contributed by atoms with E-state index in [-0.39, 0.29) is 18.8 Å². The highest BCUT2D eigenvalue weighted by Gasteiger charge is 2.30. The Morgan fingerprint density at radius 2 is 1.91 bits per heavy atom. The number of aryl methyl sites for hydroxylation is 1. The highest BCUT2D eigenvalue weighted by atomic mass is 19.4. The predicted octanol–water partition coefficient (Wildman–Crippen LogP) is 3.54. The van der Waals surface area contributed by atoms with E-state index in [1.165, 1.54) is 19.1 Å². The molecule has 0 atom stereocenters. The Labute approximate surface area is 188 Å². The third-order valence-corrected chi connectivity index (χ3v) is 4.69. The molecule has 0 aliphatic heterocycles. The average Bonchev–Trinajstić information content (AvgIpc) is 2.78. The summed E-state index contributed by atoms with van der Waals surface area (Å²) in [5, 5.41) is 6.64. The van der Waals surface area contributed by atoms with Crippen molar-refractivity contribution in [2.24, 2.45) is 0 Å². The number of rotatable bonds is 7. The van der Waals surface area contributed by atoms with Crippen LogP contribution in [-0.2, 0) is 12.6 Å². The molecule has 0 radical (unpaired) electrons. The zero-order valence-electron chi connectivity index (χ0n) is 17.6. The van der Waals surface area contributed by atoms with E-state index in [1.54, 1.807) is 12.1 Å². The monoisotopic (exact) mass is 455 g/mol. The van der Waals surface area contributed by atoms with Crippen LogP contribution in [0.2, 0.25) is 0 Å². The van der Waals surface area contributed by atoms with E-state index >= 15 is 0 Å². The lowest BCUT2D eigenvalue weighted by Gasteiger charge is -2.13. The molecule has 0 fully saturated rings. The quantitative estimate of drug-likeness (QED) is 0.553. The van der Waals surface area contributed by atoms with Gasteiger partial charge < -0.3 is 10.1 Å². The Kier molecular flexibility index (Phi) is 7.18. The maximum absolute atomic E-state index is 13.1. The summed E-state index contributed by atoms with van der Waals surface area (Å²) in [6.07, 6.45) is 1.09. The molecule has 1 heterocycles. The summed E-state index contributed by atoms with van der Waals surface area (Å²) in [6, 6.07) is 12.8. The van der Waals surface area contributed by atoms with E-state index < -0.39 is 28.8 Å². The van der Waals surface area contributed by atoms with Crippen molar-refractivity contribution in [3.63, 3.8) is 0 Å². The first-order chi connectivity index (χ1) is 15.7. The highest BCUT2D eigenvalue weighted by Crippen LogP contribution is 2.30. The van der Waals surface area contributed by atoms with Gasteiger partial charge in [0.2, 0.25) is 5.43 Å². The SMILES string of the molecule is C#CCOc1ccc(CCNC(=O)c2nn(-c3cccc(C(F)(F)F)c3)c(C)cc2=O)cc1. The van der Waals surface area contributed by atoms with E-state index in [4.69, 9.17) is 11.2 Å². The largest absolute Gasteiger partial charge is 0.481 e. The fourth-order valence-electron chi connectivity index (χ4n) is 3.06. The first-order valence-corrected chi connectivity index (χ1v) is 9.91. The van der Waals surface area contributed by atoms with Crippen LogP contribution in [0.25, 0.3) is 5.69 Å². The molecule has 1 N–H and O–H groups in total. The molecule has 170 valence electrons. The molecule has 0 aliphatic rings. The van der Waals surface area contributed by atoms with Gasteiger partial charge >= 0.3 is 6.18 Å². The molecule has 2 aromatic carbocycles. The summed E-state index contributed by atoms with van der Waals surface area (Å²) in [6.45, 7) is 1.91. The van der Waals surface area contributed by atoms with Gasteiger partial charge in [-0.2, -0.15) is 18.3 Å². The van der Waals surface area contributed by atoms with Crippen LogP contribution >= 0.6 is 0 Å². The number of carbonyl (C=O) groups excluding carboxylic acids is 1. The summed E-state index contributed by atoms with van der Waals surface area (Å²) in [7, 11) is 0. The zero-order chi connectivity index (χ0) is 24.0. The van der Waals surface area contributed by atoms with Gasteiger partial charge in [-0.3, -0.25) is 9.59 Å². The van der Waals surface area contributed by atoms with Crippen LogP contribution in [-0.4, -0.2) is 28.8 Å². The summed E-state index contributed by atoms with van der Waals surface area (Å²) in [5.41, 5.74) is -0.589. The van der Waals surface area contributed by atoms with Gasteiger partial charge in [0.1, 0.15) is 12.4 Å². The third-order valence-electron chi connectivity index (χ3n) is 4.69. The minimum absolute atomic E-state index is 0.0866. The first kappa shape index (κ1) is 23.6. The van der Waals surface area contributed by atoms with E-state index in [0.29, 0.717) is 17.9 Å². The Morgan fingerprint density at radius 1 is 1.18 bits per heavy atom. The normalized spacial score (nSPS) is 11.0. The first-order valence-electron chi connectivity index (χ1n) is 9.91. The molecule has 3 rings (SSSR count). The topological polar surface area (TPSA) is 73.2 Å². The van der Waals surface area contributed by atoms with Crippen LogP contribution in [0.5, 0.6) is 5.75 Å². The standard InChI is InChI=1S/C24H20F3N3O3/c1-3-13-33-20-9-7-17(8-10-20)11-12-28-23(32)22-21(31)14-16(2)30(29-22)19-6-4-5-18(15-19)24(25,26)27/h1,4-10,14-15H,11-13H2,2H3,(H,28,32). The maximum atomic E-state index is 13.1. The lowest BCUT2D eigenvalue weighted by atomic mass is 10.1. The van der Waals surface area contributed by atoms with Gasteiger partial charge in [0.05, 0.1) is 11.3 Å². The molecule has 0 spiro atoms. The summed E-state index contributed by atoms with van der Waals surface area (Å²) >= 11 is 0. The number of carbonyl (C=O) groups is 1. The van der Waals surface area contributed by atoms with Crippen molar-refractivity contribution in [3.8, 4) is 23.8 Å². The van der Waals surface area contributed by atoms with Gasteiger partial charge in [-0.05, 0) is 49.2 Å². The second kappa shape index (κ2) is 10.0. The van der Waals surface area contributed by atoms with Gasteiger partial charge in [0, 0.05) is 18.3 Å². The van der Waals surface area contributed by atoms with Crippen LogP contribution in [0.4, 0.5) is 13.2 Å². The lowest BCUT2D eigenvalue weighted by molar-refractivity contribution is -0.137. The van der Waals surface area contributed by atoms with Gasteiger partial charge in [-0.25, -0.2) is 4.68 Å². The molecule has 33 heavy (non-hydrogen) atoms. The van der Waals surface area contributed by atoms with E-state index in [1.807, 2.05) is 12.1 Å². The van der Waals surface area contributed by atoms with Crippen molar-refractivity contribution in [1.29, 1.82) is 0 Å². The van der Waals surface area contributed by atoms with Gasteiger partial charge in [-0.1, -0.05) is 24.1 Å². The Hall–Kier alpha value is -4.06. The Balaban J connectivity index is 1.72. The number of amides is 1. The average molecular weight is 455 g/mol. The van der Waals surface area contributed by atoms with Crippen LogP contribution in [0.3, 0.4) is 0 Å². The smallest absolute Gasteiger partial charge is 0.416 e. The minimum atomic E-state index is -4.53. The number of nitrogens with one attached hydrogen (secondary N) is 1. The number of hydrogen-bond acceptors (Lipinski definition) is 4. The minimum Gasteiger partial charge on any atom is -0.481 e. The number of nitrogens with zero attached hydrogens (tertiary/aromatic N) is 2. The van der Waals surface area contributed by atoms with Gasteiger partial charge in [0.25, 0.3) is 5.91 Å². The fourth-order valence-corrected chi connectivity index (χ4v) is 3.06. The second-order valence-electron chi connectivity index (χ2n) is 7.10. The molecule has 0 aliphatic carbocycles. The van der Waals surface area contributed by atoms with Crippen molar-refractivity contribution >= 4 is 5.91 Å². The summed E-state index contributed by atoms with van der Waals surface area (Å²) in [4.78, 5) is 24.8. The van der Waals surface area contributed by atoms with Crippen molar-refractivity contribution in [3.05, 3.63) is 87.3 Å². The molecule has 1 aromatic heterocycles. The number of alkyl halides is 3. The molecule has 6 nitrogen and oxygen atoms in total. The second-order valence-corrected chi connectivity index (χ2v) is 7.10. The Bertz CT molecular complexity index is 1240. The fraction of sp³-hybridized carbons (Fsp3) is 0.208. The predicted molar refractivity (Wildman–Crippen MR) is 116 cm³/mol. The van der Waals surface area contributed by atoms with Gasteiger partial charge in [0.15, 0.2) is 5.69 Å². The Morgan fingerprint density at radius 3 is 2.58 bits per heavy atom. The number of hydrogen-bond donors (Lipinski definition) is 1. The molecule has 0 unspecified atom stereocenters. The maximum Gasteiger partial charge on any atom is 0.416 e. The van der Waals surface area contributed by atoms with Crippen molar-refractivity contribution in [2.45, 2.75) is 19.5 Å². The van der Waals surface area contributed by atoms with E-state index in [0.717, 1.165) is 28.4 Å². The van der Waals surface area contributed by atoms with E-state index in [9.17, 15) is 22.8 Å². The van der Waals surface area contributed by atoms with Crippen molar-refractivity contribution in [1.82, 2.24) is 15.1 Å². The number of aromatic nitrogens is 2. The lowest BCUT2D eigenvalue weighted by Crippen LogP contribution is -2.33. The van der Waals surface area contributed by atoms with E-state index in [2.05, 4.69) is 16.3 Å². The van der Waals surface area contributed by atoms with Crippen molar-refractivity contribution < 1.29 is 22.7 Å². The highest BCUT2D eigenvalue weighted by molar-refractivity contribution is 5.92. The summed E-state index contributed by atoms with van der Waals surface area (Å²) < 4.78 is 45.6. The van der Waals surface area contributed by atoms with Crippen LogP contribution in [0.1, 0.15) is 27.3 Å². The van der Waals surface area contributed by atoms with Crippen LogP contribution in [0.15, 0.2) is 59.4 Å². The molecule has 0 saturated carbocycles. The molecule has 0 bridgehead atoms. The van der Waals surface area contributed by atoms with Crippen LogP contribution in [0, 0.1) is 19.3 Å². The molecule has 0 saturated heterocycles. The number of ether oxygens (including phenoxy) is 1. The molecule has 3 aromatic rings. The third kappa shape index (κ3) is 6.01. The number of benzene rings is 2. The zero-order valence-corrected chi connectivity index (χ0v) is 17.6. The summed E-state index contributed by atoms with van der Waals surface area (Å²) in [5.74, 6) is 2.28. The molecular formula is C24H20F3N3O3. The number of halogens is 3. The molecule has 9 heteroatoms. The number of terminal acetylenes is 1. The molecule has 1 amide bonds.